The van der Waals surface area contributed by atoms with E-state index in [1.165, 1.54) is 0 Å². The van der Waals surface area contributed by atoms with Crippen LogP contribution in [0, 0.1) is 0 Å². The van der Waals surface area contributed by atoms with Gasteiger partial charge in [-0.2, -0.15) is 0 Å². The molecule has 2 aromatic carbocycles. The molecule has 0 aromatic heterocycles. The molecule has 6 nitrogen and oxygen atoms in total. The number of amides is 1. The molecule has 1 fully saturated rings. The summed E-state index contributed by atoms with van der Waals surface area (Å²) in [7, 11) is 0. The fourth-order valence-corrected chi connectivity index (χ4v) is 4.61. The first-order chi connectivity index (χ1) is 15.5. The molecule has 0 N–H and O–H groups in total. The van der Waals surface area contributed by atoms with Crippen LogP contribution in [0.15, 0.2) is 70.4 Å². The fourth-order valence-electron chi connectivity index (χ4n) is 4.43. The number of rotatable bonds is 3. The Morgan fingerprint density at radius 3 is 2.50 bits per heavy atom. The molecular formula is C25H26ClN5O. The average Bonchev–Trinajstić information content (AvgIpc) is 3.00. The van der Waals surface area contributed by atoms with E-state index in [4.69, 9.17) is 21.6 Å². The van der Waals surface area contributed by atoms with Gasteiger partial charge < -0.3 is 4.90 Å². The molecule has 164 valence electrons. The normalized spacial score (nSPS) is 20.2. The van der Waals surface area contributed by atoms with Gasteiger partial charge in [0.25, 0.3) is 5.91 Å². The van der Waals surface area contributed by atoms with Crippen molar-refractivity contribution < 1.29 is 4.79 Å². The summed E-state index contributed by atoms with van der Waals surface area (Å²) in [6.07, 6.45) is 1.92. The quantitative estimate of drug-likeness (QED) is 0.672. The van der Waals surface area contributed by atoms with Gasteiger partial charge in [0.1, 0.15) is 11.5 Å². The Hall–Kier alpha value is -2.96. The molecule has 32 heavy (non-hydrogen) atoms. The van der Waals surface area contributed by atoms with Crippen LogP contribution in [0.2, 0.25) is 5.02 Å². The van der Waals surface area contributed by atoms with Crippen molar-refractivity contribution in [1.82, 2.24) is 9.80 Å². The average molecular weight is 448 g/mol. The molecule has 0 radical (unpaired) electrons. The minimum atomic E-state index is -0.112. The third-order valence-electron chi connectivity index (χ3n) is 6.19. The van der Waals surface area contributed by atoms with Gasteiger partial charge >= 0.3 is 0 Å². The first-order valence-electron chi connectivity index (χ1n) is 11.0. The summed E-state index contributed by atoms with van der Waals surface area (Å²) in [5, 5.41) is 0.609. The van der Waals surface area contributed by atoms with Crippen molar-refractivity contribution in [3.05, 3.63) is 76.6 Å². The first kappa shape index (κ1) is 20.9. The van der Waals surface area contributed by atoms with Crippen molar-refractivity contribution in [3.63, 3.8) is 0 Å². The van der Waals surface area contributed by atoms with E-state index in [1.54, 1.807) is 4.90 Å². The Morgan fingerprint density at radius 2 is 1.78 bits per heavy atom. The van der Waals surface area contributed by atoms with Gasteiger partial charge in [0.05, 0.1) is 17.9 Å². The van der Waals surface area contributed by atoms with Gasteiger partial charge in [-0.1, -0.05) is 41.9 Å². The Bertz CT molecular complexity index is 1130. The highest BCUT2D eigenvalue weighted by molar-refractivity contribution is 6.34. The Kier molecular flexibility index (Phi) is 5.57. The summed E-state index contributed by atoms with van der Waals surface area (Å²) in [6, 6.07) is 16.1. The number of nitrogens with zero attached hydrogens (tertiary/aromatic N) is 5. The number of fused-ring (bicyclic) bond motifs is 3. The largest absolute Gasteiger partial charge is 0.373 e. The van der Waals surface area contributed by atoms with Crippen LogP contribution >= 0.6 is 11.6 Å². The van der Waals surface area contributed by atoms with Gasteiger partial charge in [-0.15, -0.1) is 0 Å². The molecule has 0 bridgehead atoms. The molecule has 1 amide bonds. The lowest BCUT2D eigenvalue weighted by Crippen LogP contribution is -2.47. The molecule has 3 aliphatic rings. The lowest BCUT2D eigenvalue weighted by molar-refractivity contribution is -0.114. The molecule has 3 heterocycles. The van der Waals surface area contributed by atoms with E-state index in [2.05, 4.69) is 23.6 Å². The summed E-state index contributed by atoms with van der Waals surface area (Å²) >= 11 is 6.34. The predicted molar refractivity (Wildman–Crippen MR) is 130 cm³/mol. The third kappa shape index (κ3) is 3.85. The van der Waals surface area contributed by atoms with Crippen molar-refractivity contribution in [2.75, 3.05) is 37.6 Å². The standard InChI is InChI=1S/C25H26ClN5O/c1-17(2)30-12-10-29(11-13-30)16-21-25(32)31-22-9-8-19(26)14-20(22)24(27-15-23(31)28-21)18-6-4-3-5-7-18/h3-9,14,16-17H,10-13,15H2,1-2H3/b21-16-. The van der Waals surface area contributed by atoms with Crippen LogP contribution in [0.5, 0.6) is 0 Å². The summed E-state index contributed by atoms with van der Waals surface area (Å²) < 4.78 is 0. The van der Waals surface area contributed by atoms with Crippen LogP contribution < -0.4 is 4.90 Å². The van der Waals surface area contributed by atoms with Crippen molar-refractivity contribution in [3.8, 4) is 0 Å². The van der Waals surface area contributed by atoms with Crippen LogP contribution in [0.1, 0.15) is 25.0 Å². The van der Waals surface area contributed by atoms with E-state index in [0.29, 0.717) is 29.1 Å². The minimum absolute atomic E-state index is 0.112. The number of aliphatic imine (C=N–C) groups is 2. The number of halogens is 1. The smallest absolute Gasteiger partial charge is 0.284 e. The Morgan fingerprint density at radius 1 is 1.03 bits per heavy atom. The Labute approximate surface area is 193 Å². The zero-order chi connectivity index (χ0) is 22.2. The lowest BCUT2D eigenvalue weighted by Gasteiger charge is -2.36. The molecule has 0 atom stereocenters. The number of piperazine rings is 1. The van der Waals surface area contributed by atoms with Crippen LogP contribution in [0.4, 0.5) is 5.69 Å². The molecule has 0 aliphatic carbocycles. The van der Waals surface area contributed by atoms with Crippen LogP contribution in [-0.2, 0) is 4.79 Å². The lowest BCUT2D eigenvalue weighted by atomic mass is 10.00. The number of carbonyl (C=O) groups excluding carboxylic acids is 1. The van der Waals surface area contributed by atoms with E-state index in [1.807, 2.05) is 54.7 Å². The number of benzene rings is 2. The second-order valence-corrected chi connectivity index (χ2v) is 8.98. The van der Waals surface area contributed by atoms with Gasteiger partial charge in [0, 0.05) is 54.6 Å². The maximum atomic E-state index is 13.5. The highest BCUT2D eigenvalue weighted by atomic mass is 35.5. The van der Waals surface area contributed by atoms with Crippen molar-refractivity contribution in [1.29, 1.82) is 0 Å². The number of amidine groups is 1. The first-order valence-corrected chi connectivity index (χ1v) is 11.4. The van der Waals surface area contributed by atoms with Gasteiger partial charge in [-0.25, -0.2) is 4.99 Å². The fraction of sp³-hybridized carbons (Fsp3) is 0.320. The van der Waals surface area contributed by atoms with Crippen molar-refractivity contribution >= 4 is 34.7 Å². The highest BCUT2D eigenvalue weighted by Gasteiger charge is 2.36. The van der Waals surface area contributed by atoms with Crippen LogP contribution in [0.25, 0.3) is 0 Å². The third-order valence-corrected chi connectivity index (χ3v) is 6.43. The van der Waals surface area contributed by atoms with Gasteiger partial charge in [-0.3, -0.25) is 19.6 Å². The molecule has 5 rings (SSSR count). The van der Waals surface area contributed by atoms with E-state index in [0.717, 1.165) is 48.7 Å². The van der Waals surface area contributed by atoms with E-state index in [9.17, 15) is 4.79 Å². The second-order valence-electron chi connectivity index (χ2n) is 8.54. The summed E-state index contributed by atoms with van der Waals surface area (Å²) in [5.74, 6) is 0.538. The number of hydrogen-bond donors (Lipinski definition) is 0. The molecule has 7 heteroatoms. The number of carbonyl (C=O) groups is 1. The summed E-state index contributed by atoms with van der Waals surface area (Å²) in [6.45, 7) is 8.53. The minimum Gasteiger partial charge on any atom is -0.373 e. The van der Waals surface area contributed by atoms with Gasteiger partial charge in [-0.05, 0) is 32.0 Å². The number of anilines is 1. The SMILES string of the molecule is CC(C)N1CCN(/C=C2\N=C3CN=C(c4ccccc4)c4cc(Cl)ccc4N3C2=O)CC1. The molecular weight excluding hydrogens is 422 g/mol. The van der Waals surface area contributed by atoms with Gasteiger partial charge in [0.2, 0.25) is 0 Å². The summed E-state index contributed by atoms with van der Waals surface area (Å²) in [5.41, 5.74) is 3.89. The van der Waals surface area contributed by atoms with Crippen LogP contribution in [0.3, 0.4) is 0 Å². The monoisotopic (exact) mass is 447 g/mol. The van der Waals surface area contributed by atoms with Crippen molar-refractivity contribution in [2.45, 2.75) is 19.9 Å². The zero-order valence-corrected chi connectivity index (χ0v) is 19.1. The molecule has 0 saturated carbocycles. The predicted octanol–water partition coefficient (Wildman–Crippen LogP) is 3.80. The maximum Gasteiger partial charge on any atom is 0.284 e. The highest BCUT2D eigenvalue weighted by Crippen LogP contribution is 2.33. The topological polar surface area (TPSA) is 51.5 Å². The molecule has 1 saturated heterocycles. The molecule has 3 aliphatic heterocycles. The molecule has 0 unspecified atom stereocenters. The van der Waals surface area contributed by atoms with E-state index >= 15 is 0 Å². The van der Waals surface area contributed by atoms with Crippen LogP contribution in [-0.4, -0.2) is 66.0 Å². The second kappa shape index (κ2) is 8.52. The number of hydrogen-bond acceptors (Lipinski definition) is 5. The van der Waals surface area contributed by atoms with Crippen molar-refractivity contribution in [2.24, 2.45) is 9.98 Å². The maximum absolute atomic E-state index is 13.5. The molecule has 0 spiro atoms. The summed E-state index contributed by atoms with van der Waals surface area (Å²) in [4.78, 5) is 29.4. The zero-order valence-electron chi connectivity index (χ0n) is 18.3. The van der Waals surface area contributed by atoms with Gasteiger partial charge in [0.15, 0.2) is 0 Å². The van der Waals surface area contributed by atoms with E-state index < -0.39 is 0 Å². The Balaban J connectivity index is 1.49. The van der Waals surface area contributed by atoms with E-state index in [-0.39, 0.29) is 5.91 Å². The molecule has 2 aromatic rings.